The van der Waals surface area contributed by atoms with E-state index < -0.39 is 0 Å². The smallest absolute Gasteiger partial charge is 0.126 e. The van der Waals surface area contributed by atoms with Crippen molar-refractivity contribution >= 4 is 0 Å². The Morgan fingerprint density at radius 3 is 2.15 bits per heavy atom. The second kappa shape index (κ2) is 10.8. The summed E-state index contributed by atoms with van der Waals surface area (Å²) in [5.41, 5.74) is 6.59. The molecule has 0 fully saturated rings. The molecule has 0 spiro atoms. The molecule has 0 aliphatic heterocycles. The lowest BCUT2D eigenvalue weighted by molar-refractivity contribution is 0.514. The molecule has 1 rings (SSSR count). The summed E-state index contributed by atoms with van der Waals surface area (Å²) in [6.45, 7) is 2.78. The first-order valence-corrected chi connectivity index (χ1v) is 8.24. The molecule has 1 unspecified atom stereocenters. The van der Waals surface area contributed by atoms with Crippen molar-refractivity contribution in [2.75, 3.05) is 6.54 Å². The van der Waals surface area contributed by atoms with Crippen molar-refractivity contribution in [1.82, 2.24) is 0 Å². The van der Waals surface area contributed by atoms with E-state index in [-0.39, 0.29) is 11.7 Å². The molecule has 1 aromatic rings. The van der Waals surface area contributed by atoms with E-state index >= 15 is 0 Å². The maximum Gasteiger partial charge on any atom is 0.126 e. The van der Waals surface area contributed by atoms with Crippen LogP contribution < -0.4 is 5.73 Å². The normalized spacial score (nSPS) is 12.6. The first-order chi connectivity index (χ1) is 9.79. The van der Waals surface area contributed by atoms with Crippen LogP contribution in [0.2, 0.25) is 0 Å². The van der Waals surface area contributed by atoms with Gasteiger partial charge in [-0.05, 0) is 30.5 Å². The molecule has 0 amide bonds. The van der Waals surface area contributed by atoms with E-state index in [0.717, 1.165) is 18.4 Å². The van der Waals surface area contributed by atoms with Gasteiger partial charge >= 0.3 is 0 Å². The Kier molecular flexibility index (Phi) is 9.31. The van der Waals surface area contributed by atoms with Crippen molar-refractivity contribution in [3.05, 3.63) is 35.6 Å². The lowest BCUT2D eigenvalue weighted by Crippen LogP contribution is -2.13. The summed E-state index contributed by atoms with van der Waals surface area (Å²) in [4.78, 5) is 0. The molecule has 2 heteroatoms. The molecule has 0 aromatic heterocycles. The van der Waals surface area contributed by atoms with Gasteiger partial charge in [0.15, 0.2) is 0 Å². The third kappa shape index (κ3) is 6.51. The SMILES string of the molecule is CCCCCCCCCCC(CN)c1ccccc1F. The molecule has 1 atom stereocenters. The Balaban J connectivity index is 2.18. The largest absolute Gasteiger partial charge is 0.330 e. The van der Waals surface area contributed by atoms with Gasteiger partial charge in [0.2, 0.25) is 0 Å². The van der Waals surface area contributed by atoms with Gasteiger partial charge in [0, 0.05) is 0 Å². The summed E-state index contributed by atoms with van der Waals surface area (Å²) in [7, 11) is 0. The lowest BCUT2D eigenvalue weighted by atomic mass is 9.92. The van der Waals surface area contributed by atoms with E-state index in [9.17, 15) is 4.39 Å². The van der Waals surface area contributed by atoms with Crippen LogP contribution in [0.25, 0.3) is 0 Å². The van der Waals surface area contributed by atoms with E-state index in [1.54, 1.807) is 6.07 Å². The first-order valence-electron chi connectivity index (χ1n) is 8.24. The number of hydrogen-bond acceptors (Lipinski definition) is 1. The van der Waals surface area contributed by atoms with Gasteiger partial charge in [-0.2, -0.15) is 0 Å². The van der Waals surface area contributed by atoms with Crippen LogP contribution in [-0.2, 0) is 0 Å². The maximum absolute atomic E-state index is 13.7. The zero-order valence-electron chi connectivity index (χ0n) is 12.9. The highest BCUT2D eigenvalue weighted by molar-refractivity contribution is 5.21. The van der Waals surface area contributed by atoms with Crippen molar-refractivity contribution in [3.63, 3.8) is 0 Å². The molecule has 0 saturated heterocycles. The summed E-state index contributed by atoms with van der Waals surface area (Å²) in [5, 5.41) is 0. The first kappa shape index (κ1) is 17.2. The van der Waals surface area contributed by atoms with Crippen LogP contribution in [0.4, 0.5) is 4.39 Å². The van der Waals surface area contributed by atoms with Gasteiger partial charge in [-0.25, -0.2) is 4.39 Å². The van der Waals surface area contributed by atoms with Crippen LogP contribution in [0.15, 0.2) is 24.3 Å². The fourth-order valence-electron chi connectivity index (χ4n) is 2.73. The van der Waals surface area contributed by atoms with E-state index in [0.29, 0.717) is 6.54 Å². The lowest BCUT2D eigenvalue weighted by Gasteiger charge is -2.15. The van der Waals surface area contributed by atoms with Crippen molar-refractivity contribution in [1.29, 1.82) is 0 Å². The highest BCUT2D eigenvalue weighted by atomic mass is 19.1. The van der Waals surface area contributed by atoms with Crippen LogP contribution in [0.1, 0.15) is 76.2 Å². The summed E-state index contributed by atoms with van der Waals surface area (Å²) in [6, 6.07) is 7.04. The van der Waals surface area contributed by atoms with Crippen LogP contribution in [0.5, 0.6) is 0 Å². The summed E-state index contributed by atoms with van der Waals surface area (Å²) >= 11 is 0. The molecule has 1 nitrogen and oxygen atoms in total. The second-order valence-electron chi connectivity index (χ2n) is 5.72. The second-order valence-corrected chi connectivity index (χ2v) is 5.72. The highest BCUT2D eigenvalue weighted by Crippen LogP contribution is 2.24. The Morgan fingerprint density at radius 1 is 0.950 bits per heavy atom. The van der Waals surface area contributed by atoms with Gasteiger partial charge in [0.05, 0.1) is 0 Å². The average Bonchev–Trinajstić information content (AvgIpc) is 2.47. The van der Waals surface area contributed by atoms with Crippen LogP contribution >= 0.6 is 0 Å². The van der Waals surface area contributed by atoms with Crippen LogP contribution in [0, 0.1) is 5.82 Å². The molecule has 2 N–H and O–H groups in total. The third-order valence-corrected chi connectivity index (χ3v) is 4.04. The Morgan fingerprint density at radius 2 is 1.55 bits per heavy atom. The van der Waals surface area contributed by atoms with Gasteiger partial charge in [-0.15, -0.1) is 0 Å². The van der Waals surface area contributed by atoms with Crippen LogP contribution in [-0.4, -0.2) is 6.54 Å². The number of hydrogen-bond donors (Lipinski definition) is 1. The van der Waals surface area contributed by atoms with Crippen molar-refractivity contribution in [2.24, 2.45) is 5.73 Å². The number of benzene rings is 1. The molecule has 0 bridgehead atoms. The third-order valence-electron chi connectivity index (χ3n) is 4.04. The minimum Gasteiger partial charge on any atom is -0.330 e. The predicted molar refractivity (Wildman–Crippen MR) is 85.4 cm³/mol. The van der Waals surface area contributed by atoms with Crippen molar-refractivity contribution in [2.45, 2.75) is 70.6 Å². The topological polar surface area (TPSA) is 26.0 Å². The van der Waals surface area contributed by atoms with Gasteiger partial charge < -0.3 is 5.73 Å². The number of nitrogens with two attached hydrogens (primary N) is 1. The summed E-state index contributed by atoms with van der Waals surface area (Å²) in [5.74, 6) is 0.0683. The van der Waals surface area contributed by atoms with Crippen LogP contribution in [0.3, 0.4) is 0 Å². The standard InChI is InChI=1S/C18H30FN/c1-2-3-4-5-6-7-8-9-12-16(15-20)17-13-10-11-14-18(17)19/h10-11,13-14,16H,2-9,12,15,20H2,1H3. The molecular formula is C18H30FN. The minimum atomic E-state index is -0.109. The summed E-state index contributed by atoms with van der Waals surface area (Å²) in [6.07, 6.45) is 11.5. The molecule has 0 saturated carbocycles. The molecule has 114 valence electrons. The molecule has 0 heterocycles. The van der Waals surface area contributed by atoms with E-state index in [4.69, 9.17) is 5.73 Å². The van der Waals surface area contributed by atoms with E-state index in [1.807, 2.05) is 12.1 Å². The van der Waals surface area contributed by atoms with E-state index in [1.165, 1.54) is 51.0 Å². The zero-order valence-corrected chi connectivity index (χ0v) is 12.9. The van der Waals surface area contributed by atoms with Gasteiger partial charge in [0.1, 0.15) is 5.82 Å². The van der Waals surface area contributed by atoms with Crippen molar-refractivity contribution in [3.8, 4) is 0 Å². The quantitative estimate of drug-likeness (QED) is 0.539. The number of halogens is 1. The Hall–Kier alpha value is -0.890. The van der Waals surface area contributed by atoms with Gasteiger partial charge in [-0.1, -0.05) is 76.5 Å². The number of unbranched alkanes of at least 4 members (excludes halogenated alkanes) is 7. The monoisotopic (exact) mass is 279 g/mol. The fourth-order valence-corrected chi connectivity index (χ4v) is 2.73. The van der Waals surface area contributed by atoms with Gasteiger partial charge in [0.25, 0.3) is 0 Å². The van der Waals surface area contributed by atoms with Crippen molar-refractivity contribution < 1.29 is 4.39 Å². The zero-order chi connectivity index (χ0) is 14.6. The molecule has 0 radical (unpaired) electrons. The average molecular weight is 279 g/mol. The minimum absolute atomic E-state index is 0.109. The van der Waals surface area contributed by atoms with Gasteiger partial charge in [-0.3, -0.25) is 0 Å². The Labute approximate surface area is 123 Å². The maximum atomic E-state index is 13.7. The molecule has 1 aromatic carbocycles. The van der Waals surface area contributed by atoms with E-state index in [2.05, 4.69) is 6.92 Å². The highest BCUT2D eigenvalue weighted by Gasteiger charge is 2.13. The summed E-state index contributed by atoms with van der Waals surface area (Å²) < 4.78 is 13.7. The molecule has 0 aliphatic rings. The Bertz CT molecular complexity index is 351. The predicted octanol–water partition coefficient (Wildman–Crippen LogP) is 5.40. The molecular weight excluding hydrogens is 249 g/mol. The molecule has 20 heavy (non-hydrogen) atoms. The fraction of sp³-hybridized carbons (Fsp3) is 0.667. The number of rotatable bonds is 11. The molecule has 0 aliphatic carbocycles.